The van der Waals surface area contributed by atoms with Crippen LogP contribution in [-0.4, -0.2) is 30.3 Å². The van der Waals surface area contributed by atoms with Crippen molar-refractivity contribution in [2.45, 2.75) is 49.1 Å². The Morgan fingerprint density at radius 2 is 1.95 bits per heavy atom. The van der Waals surface area contributed by atoms with Crippen molar-refractivity contribution in [3.8, 4) is 0 Å². The van der Waals surface area contributed by atoms with E-state index in [-0.39, 0.29) is 29.0 Å². The maximum atomic E-state index is 12.3. The first kappa shape index (κ1) is 18.7. The first-order chi connectivity index (χ1) is 9.34. The molecule has 3 N–H and O–H groups in total. The van der Waals surface area contributed by atoms with Crippen molar-refractivity contribution in [3.63, 3.8) is 0 Å². The average molecular weight is 357 g/mol. The van der Waals surface area contributed by atoms with Crippen molar-refractivity contribution in [2.75, 3.05) is 6.54 Å². The van der Waals surface area contributed by atoms with Gasteiger partial charge in [-0.15, -0.1) is 12.4 Å². The third kappa shape index (κ3) is 4.56. The second-order valence-electron chi connectivity index (χ2n) is 5.52. The first-order valence-corrected chi connectivity index (χ1v) is 8.66. The Hall–Kier alpha value is -0.340. The minimum Gasteiger partial charge on any atom is -0.324 e. The zero-order chi connectivity index (χ0) is 14.8. The molecule has 122 valence electrons. The Morgan fingerprint density at radius 3 is 2.43 bits per heavy atom. The fourth-order valence-electron chi connectivity index (χ4n) is 2.62. The number of rotatable bonds is 4. The number of nitrogens with one attached hydrogen (secondary N) is 1. The third-order valence-corrected chi connectivity index (χ3v) is 5.72. The van der Waals surface area contributed by atoms with Gasteiger partial charge < -0.3 is 5.73 Å². The van der Waals surface area contributed by atoms with Crippen LogP contribution in [0.25, 0.3) is 0 Å². The molecule has 0 spiro atoms. The van der Waals surface area contributed by atoms with Crippen LogP contribution in [0.5, 0.6) is 0 Å². The van der Waals surface area contributed by atoms with E-state index in [9.17, 15) is 8.42 Å². The zero-order valence-electron chi connectivity index (χ0n) is 12.0. The fourth-order valence-corrected chi connectivity index (χ4v) is 4.41. The van der Waals surface area contributed by atoms with Crippen LogP contribution in [0, 0.1) is 0 Å². The molecule has 0 amide bonds. The highest BCUT2D eigenvalue weighted by atomic mass is 35.5. The topological polar surface area (TPSA) is 90.0 Å². The molecule has 0 unspecified atom stereocenters. The first-order valence-electron chi connectivity index (χ1n) is 6.80. The van der Waals surface area contributed by atoms with Gasteiger partial charge >= 0.3 is 0 Å². The van der Waals surface area contributed by atoms with Gasteiger partial charge in [0, 0.05) is 19.1 Å². The van der Waals surface area contributed by atoms with Gasteiger partial charge in [-0.05, 0) is 12.8 Å². The van der Waals surface area contributed by atoms with Crippen LogP contribution in [0.4, 0.5) is 0 Å². The summed E-state index contributed by atoms with van der Waals surface area (Å²) in [5.74, 6) is 0. The van der Waals surface area contributed by atoms with Crippen molar-refractivity contribution in [3.05, 3.63) is 11.2 Å². The summed E-state index contributed by atoms with van der Waals surface area (Å²) in [5, 5.41) is 3.94. The van der Waals surface area contributed by atoms with E-state index >= 15 is 0 Å². The van der Waals surface area contributed by atoms with Gasteiger partial charge in [-0.2, -0.15) is 5.10 Å². The fraction of sp³-hybridized carbons (Fsp3) is 0.750. The predicted molar refractivity (Wildman–Crippen MR) is 85.3 cm³/mol. The molecule has 0 aromatic carbocycles. The Morgan fingerprint density at radius 1 is 1.38 bits per heavy atom. The number of aryl methyl sites for hydroxylation is 1. The predicted octanol–water partition coefficient (Wildman–Crippen LogP) is 1.83. The number of hydrogen-bond donors (Lipinski definition) is 2. The smallest absolute Gasteiger partial charge is 0.259 e. The molecule has 1 fully saturated rings. The molecular formula is C12H22Cl2N4O2S. The molecule has 0 atom stereocenters. The average Bonchev–Trinajstić information content (AvgIpc) is 2.60. The van der Waals surface area contributed by atoms with E-state index in [0.29, 0.717) is 0 Å². The lowest BCUT2D eigenvalue weighted by Gasteiger charge is -2.28. The number of nitrogens with two attached hydrogens (primary N) is 1. The molecule has 1 aliphatic rings. The van der Waals surface area contributed by atoms with Crippen LogP contribution in [0.15, 0.2) is 11.2 Å². The molecule has 21 heavy (non-hydrogen) atoms. The molecule has 1 aromatic rings. The quantitative estimate of drug-likeness (QED) is 0.805. The summed E-state index contributed by atoms with van der Waals surface area (Å²) in [4.78, 5) is 0. The van der Waals surface area contributed by atoms with Crippen LogP contribution < -0.4 is 10.5 Å². The van der Waals surface area contributed by atoms with Crippen molar-refractivity contribution in [1.82, 2.24) is 14.5 Å². The molecule has 1 saturated carbocycles. The number of nitrogens with zero attached hydrogens (tertiary/aromatic N) is 2. The minimum atomic E-state index is -3.69. The van der Waals surface area contributed by atoms with Crippen molar-refractivity contribution in [2.24, 2.45) is 12.8 Å². The summed E-state index contributed by atoms with van der Waals surface area (Å²) in [7, 11) is -2.14. The maximum absolute atomic E-state index is 12.3. The molecule has 1 aromatic heterocycles. The van der Waals surface area contributed by atoms with Crippen LogP contribution in [-0.2, 0) is 17.1 Å². The summed E-state index contributed by atoms with van der Waals surface area (Å²) in [6.45, 7) is 0.233. The highest BCUT2D eigenvalue weighted by Gasteiger charge is 2.30. The number of halogens is 2. The van der Waals surface area contributed by atoms with Gasteiger partial charge in [-0.1, -0.05) is 37.3 Å². The Labute approximate surface area is 136 Å². The monoisotopic (exact) mass is 356 g/mol. The molecule has 9 heteroatoms. The van der Waals surface area contributed by atoms with Crippen LogP contribution >= 0.6 is 24.0 Å². The number of sulfonamides is 1. The van der Waals surface area contributed by atoms with E-state index in [0.717, 1.165) is 25.7 Å². The largest absolute Gasteiger partial charge is 0.324 e. The lowest BCUT2D eigenvalue weighted by atomic mass is 9.92. The standard InChI is InChI=1S/C12H21ClN4O2S.ClH/c1-17-11(10(13)8-15-17)20(18,19)16-9-12(14)6-4-2-3-5-7-12;/h8,16H,2-7,9,14H2,1H3;1H. The van der Waals surface area contributed by atoms with Crippen molar-refractivity contribution < 1.29 is 8.42 Å². The van der Waals surface area contributed by atoms with E-state index in [1.54, 1.807) is 7.05 Å². The van der Waals surface area contributed by atoms with Crippen LogP contribution in [0.3, 0.4) is 0 Å². The van der Waals surface area contributed by atoms with Crippen LogP contribution in [0.1, 0.15) is 38.5 Å². The van der Waals surface area contributed by atoms with E-state index in [1.165, 1.54) is 23.7 Å². The maximum Gasteiger partial charge on any atom is 0.259 e. The molecule has 0 aliphatic heterocycles. The SMILES string of the molecule is Cl.Cn1ncc(Cl)c1S(=O)(=O)NCC1(N)CCCCCC1. The van der Waals surface area contributed by atoms with E-state index in [1.807, 2.05) is 0 Å². The Kier molecular flexibility index (Phi) is 6.49. The summed E-state index contributed by atoms with van der Waals surface area (Å²) in [5.41, 5.74) is 5.85. The van der Waals surface area contributed by atoms with E-state index in [4.69, 9.17) is 17.3 Å². The second kappa shape index (κ2) is 7.28. The molecule has 0 radical (unpaired) electrons. The van der Waals surface area contributed by atoms with Gasteiger partial charge in [0.05, 0.1) is 11.2 Å². The van der Waals surface area contributed by atoms with Gasteiger partial charge in [0.25, 0.3) is 10.0 Å². The van der Waals surface area contributed by atoms with E-state index in [2.05, 4.69) is 9.82 Å². The summed E-state index contributed by atoms with van der Waals surface area (Å²) >= 11 is 5.88. The Bertz CT molecular complexity index is 546. The zero-order valence-corrected chi connectivity index (χ0v) is 14.4. The van der Waals surface area contributed by atoms with Gasteiger partial charge in [0.2, 0.25) is 0 Å². The van der Waals surface area contributed by atoms with Gasteiger partial charge in [-0.3, -0.25) is 4.68 Å². The summed E-state index contributed by atoms with van der Waals surface area (Å²) in [6, 6.07) is 0. The molecular weight excluding hydrogens is 335 g/mol. The molecule has 2 rings (SSSR count). The molecule has 1 aliphatic carbocycles. The molecule has 0 bridgehead atoms. The normalized spacial score (nSPS) is 18.8. The summed E-state index contributed by atoms with van der Waals surface area (Å²) in [6.07, 6.45) is 7.43. The van der Waals surface area contributed by atoms with Gasteiger partial charge in [-0.25, -0.2) is 13.1 Å². The second-order valence-corrected chi connectivity index (χ2v) is 7.61. The number of aromatic nitrogens is 2. The van der Waals surface area contributed by atoms with Gasteiger partial charge in [0.15, 0.2) is 5.03 Å². The van der Waals surface area contributed by atoms with Gasteiger partial charge in [0.1, 0.15) is 0 Å². The van der Waals surface area contributed by atoms with Crippen LogP contribution in [0.2, 0.25) is 5.02 Å². The minimum absolute atomic E-state index is 0. The highest BCUT2D eigenvalue weighted by Crippen LogP contribution is 2.25. The van der Waals surface area contributed by atoms with Crippen molar-refractivity contribution in [1.29, 1.82) is 0 Å². The van der Waals surface area contributed by atoms with E-state index < -0.39 is 15.6 Å². The molecule has 6 nitrogen and oxygen atoms in total. The summed E-state index contributed by atoms with van der Waals surface area (Å²) < 4.78 is 28.4. The molecule has 0 saturated heterocycles. The highest BCUT2D eigenvalue weighted by molar-refractivity contribution is 7.89. The Balaban J connectivity index is 0.00000220. The van der Waals surface area contributed by atoms with Crippen molar-refractivity contribution >= 4 is 34.0 Å². The molecule has 1 heterocycles. The lowest BCUT2D eigenvalue weighted by molar-refractivity contribution is 0.368. The lowest BCUT2D eigenvalue weighted by Crippen LogP contribution is -2.49. The number of hydrogen-bond acceptors (Lipinski definition) is 4. The third-order valence-electron chi connectivity index (χ3n) is 3.81.